The third kappa shape index (κ3) is 4.60. The Morgan fingerprint density at radius 3 is 2.43 bits per heavy atom. The first kappa shape index (κ1) is 19.7. The van der Waals surface area contributed by atoms with E-state index in [1.807, 2.05) is 25.1 Å². The lowest BCUT2D eigenvalue weighted by Crippen LogP contribution is -2.26. The van der Waals surface area contributed by atoms with Crippen LogP contribution >= 0.6 is 0 Å². The summed E-state index contributed by atoms with van der Waals surface area (Å²) < 4.78 is 11.5. The SMILES string of the molecule is COc1cc(C(C)NC(=O)c2ccc([N+](=O)[O-])cc2)ccc1OC1CCCC1. The van der Waals surface area contributed by atoms with Crippen molar-refractivity contribution in [3.8, 4) is 11.5 Å². The van der Waals surface area contributed by atoms with Gasteiger partial charge in [0.05, 0.1) is 24.2 Å². The summed E-state index contributed by atoms with van der Waals surface area (Å²) in [6.07, 6.45) is 4.74. The molecule has 148 valence electrons. The highest BCUT2D eigenvalue weighted by atomic mass is 16.6. The second-order valence-electron chi connectivity index (χ2n) is 6.93. The summed E-state index contributed by atoms with van der Waals surface area (Å²) in [7, 11) is 1.60. The zero-order chi connectivity index (χ0) is 20.1. The number of carbonyl (C=O) groups is 1. The van der Waals surface area contributed by atoms with Crippen LogP contribution in [-0.4, -0.2) is 24.0 Å². The van der Waals surface area contributed by atoms with E-state index in [2.05, 4.69) is 5.32 Å². The highest BCUT2D eigenvalue weighted by molar-refractivity contribution is 5.94. The van der Waals surface area contributed by atoms with Gasteiger partial charge in [-0.05, 0) is 62.4 Å². The number of nitrogens with one attached hydrogen (secondary N) is 1. The van der Waals surface area contributed by atoms with Gasteiger partial charge in [-0.1, -0.05) is 6.07 Å². The van der Waals surface area contributed by atoms with Crippen molar-refractivity contribution in [2.75, 3.05) is 7.11 Å². The number of nitrogens with zero attached hydrogens (tertiary/aromatic N) is 1. The number of benzene rings is 2. The van der Waals surface area contributed by atoms with Gasteiger partial charge in [-0.3, -0.25) is 14.9 Å². The van der Waals surface area contributed by atoms with E-state index < -0.39 is 4.92 Å². The van der Waals surface area contributed by atoms with Crippen molar-refractivity contribution in [3.05, 3.63) is 63.7 Å². The van der Waals surface area contributed by atoms with Crippen molar-refractivity contribution in [1.82, 2.24) is 5.32 Å². The number of amides is 1. The molecular weight excluding hydrogens is 360 g/mol. The van der Waals surface area contributed by atoms with E-state index in [9.17, 15) is 14.9 Å². The van der Waals surface area contributed by atoms with Gasteiger partial charge >= 0.3 is 0 Å². The molecule has 1 amide bonds. The second-order valence-corrected chi connectivity index (χ2v) is 6.93. The average molecular weight is 384 g/mol. The topological polar surface area (TPSA) is 90.7 Å². The molecule has 0 heterocycles. The number of nitro benzene ring substituents is 1. The minimum atomic E-state index is -0.494. The quantitative estimate of drug-likeness (QED) is 0.564. The number of hydrogen-bond acceptors (Lipinski definition) is 5. The van der Waals surface area contributed by atoms with Crippen LogP contribution in [0.25, 0.3) is 0 Å². The van der Waals surface area contributed by atoms with Crippen LogP contribution in [0.2, 0.25) is 0 Å². The molecule has 7 heteroatoms. The number of non-ortho nitro benzene ring substituents is 1. The van der Waals surface area contributed by atoms with Crippen molar-refractivity contribution in [2.24, 2.45) is 0 Å². The van der Waals surface area contributed by atoms with E-state index in [1.54, 1.807) is 7.11 Å². The van der Waals surface area contributed by atoms with Crippen LogP contribution in [-0.2, 0) is 0 Å². The van der Waals surface area contributed by atoms with Gasteiger partial charge < -0.3 is 14.8 Å². The molecule has 0 spiro atoms. The summed E-state index contributed by atoms with van der Waals surface area (Å²) in [4.78, 5) is 22.7. The lowest BCUT2D eigenvalue weighted by molar-refractivity contribution is -0.384. The lowest BCUT2D eigenvalue weighted by atomic mass is 10.1. The number of rotatable bonds is 7. The van der Waals surface area contributed by atoms with Gasteiger partial charge in [0.15, 0.2) is 11.5 Å². The molecule has 1 fully saturated rings. The van der Waals surface area contributed by atoms with Crippen LogP contribution in [0.1, 0.15) is 54.6 Å². The van der Waals surface area contributed by atoms with Gasteiger partial charge in [-0.25, -0.2) is 0 Å². The molecule has 1 unspecified atom stereocenters. The normalized spacial score (nSPS) is 15.1. The van der Waals surface area contributed by atoms with Crippen LogP contribution in [0, 0.1) is 10.1 Å². The van der Waals surface area contributed by atoms with Gasteiger partial charge in [0, 0.05) is 17.7 Å². The molecule has 28 heavy (non-hydrogen) atoms. The van der Waals surface area contributed by atoms with Crippen LogP contribution in [0.3, 0.4) is 0 Å². The minimum Gasteiger partial charge on any atom is -0.493 e. The summed E-state index contributed by atoms with van der Waals surface area (Å²) in [5.41, 5.74) is 1.20. The lowest BCUT2D eigenvalue weighted by Gasteiger charge is -2.19. The zero-order valence-electron chi connectivity index (χ0n) is 16.0. The molecule has 0 saturated heterocycles. The summed E-state index contributed by atoms with van der Waals surface area (Å²) in [6, 6.07) is 10.9. The number of ether oxygens (including phenoxy) is 2. The maximum absolute atomic E-state index is 12.4. The standard InChI is InChI=1S/C21H24N2O5/c1-14(22-21(24)15-7-10-17(11-8-15)23(25)26)16-9-12-19(20(13-16)27-2)28-18-5-3-4-6-18/h7-14,18H,3-6H2,1-2H3,(H,22,24). The van der Waals surface area contributed by atoms with Gasteiger partial charge in [-0.15, -0.1) is 0 Å². The number of carbonyl (C=O) groups excluding carboxylic acids is 1. The first-order chi connectivity index (χ1) is 13.5. The molecule has 1 atom stereocenters. The molecule has 0 radical (unpaired) electrons. The number of nitro groups is 1. The summed E-state index contributed by atoms with van der Waals surface area (Å²) in [5, 5.41) is 13.6. The molecule has 0 aliphatic heterocycles. The van der Waals surface area contributed by atoms with Gasteiger partial charge in [0.25, 0.3) is 11.6 Å². The molecule has 0 bridgehead atoms. The van der Waals surface area contributed by atoms with Crippen LogP contribution in [0.5, 0.6) is 11.5 Å². The van der Waals surface area contributed by atoms with E-state index in [4.69, 9.17) is 9.47 Å². The zero-order valence-corrected chi connectivity index (χ0v) is 16.0. The molecule has 7 nitrogen and oxygen atoms in total. The maximum Gasteiger partial charge on any atom is 0.269 e. The van der Waals surface area contributed by atoms with Crippen LogP contribution in [0.15, 0.2) is 42.5 Å². The van der Waals surface area contributed by atoms with E-state index in [0.29, 0.717) is 17.1 Å². The predicted molar refractivity (Wildman–Crippen MR) is 105 cm³/mol. The Kier molecular flexibility index (Phi) is 6.13. The first-order valence-electron chi connectivity index (χ1n) is 9.38. The Bertz CT molecular complexity index is 844. The summed E-state index contributed by atoms with van der Waals surface area (Å²) in [6.45, 7) is 1.87. The van der Waals surface area contributed by atoms with Crippen LogP contribution in [0.4, 0.5) is 5.69 Å². The fourth-order valence-electron chi connectivity index (χ4n) is 3.33. The maximum atomic E-state index is 12.4. The molecule has 1 aliphatic carbocycles. The van der Waals surface area contributed by atoms with Crippen molar-refractivity contribution in [1.29, 1.82) is 0 Å². The number of methoxy groups -OCH3 is 1. The Morgan fingerprint density at radius 2 is 1.82 bits per heavy atom. The van der Waals surface area contributed by atoms with E-state index in [0.717, 1.165) is 18.4 Å². The van der Waals surface area contributed by atoms with Crippen molar-refractivity contribution < 1.29 is 19.2 Å². The van der Waals surface area contributed by atoms with Crippen molar-refractivity contribution >= 4 is 11.6 Å². The Morgan fingerprint density at radius 1 is 1.14 bits per heavy atom. The average Bonchev–Trinajstić information content (AvgIpc) is 3.21. The Labute approximate surface area is 163 Å². The fraction of sp³-hybridized carbons (Fsp3) is 0.381. The van der Waals surface area contributed by atoms with Crippen molar-refractivity contribution in [3.63, 3.8) is 0 Å². The smallest absolute Gasteiger partial charge is 0.269 e. The van der Waals surface area contributed by atoms with Gasteiger partial charge in [-0.2, -0.15) is 0 Å². The molecule has 3 rings (SSSR count). The molecule has 1 aliphatic rings. The largest absolute Gasteiger partial charge is 0.493 e. The predicted octanol–water partition coefficient (Wildman–Crippen LogP) is 4.42. The highest BCUT2D eigenvalue weighted by Gasteiger charge is 2.20. The molecule has 1 N–H and O–H groups in total. The first-order valence-corrected chi connectivity index (χ1v) is 9.38. The van der Waals surface area contributed by atoms with E-state index >= 15 is 0 Å². The minimum absolute atomic E-state index is 0.0489. The van der Waals surface area contributed by atoms with E-state index in [-0.39, 0.29) is 23.7 Å². The Hall–Kier alpha value is -3.09. The molecule has 2 aromatic rings. The molecule has 1 saturated carbocycles. The van der Waals surface area contributed by atoms with E-state index in [1.165, 1.54) is 37.1 Å². The second kappa shape index (κ2) is 8.73. The summed E-state index contributed by atoms with van der Waals surface area (Å²) in [5.74, 6) is 1.06. The fourth-order valence-corrected chi connectivity index (χ4v) is 3.33. The molecule has 0 aromatic heterocycles. The third-order valence-electron chi connectivity index (χ3n) is 4.97. The third-order valence-corrected chi connectivity index (χ3v) is 4.97. The summed E-state index contributed by atoms with van der Waals surface area (Å²) >= 11 is 0. The highest BCUT2D eigenvalue weighted by Crippen LogP contribution is 2.33. The van der Waals surface area contributed by atoms with Gasteiger partial charge in [0.2, 0.25) is 0 Å². The molecule has 2 aromatic carbocycles. The van der Waals surface area contributed by atoms with Crippen LogP contribution < -0.4 is 14.8 Å². The monoisotopic (exact) mass is 384 g/mol. The molecular formula is C21H24N2O5. The number of hydrogen-bond donors (Lipinski definition) is 1. The van der Waals surface area contributed by atoms with Gasteiger partial charge in [0.1, 0.15) is 0 Å². The Balaban J connectivity index is 1.68. The van der Waals surface area contributed by atoms with Crippen molar-refractivity contribution in [2.45, 2.75) is 44.8 Å².